The number of hydrogen-bond acceptors (Lipinski definition) is 2. The van der Waals surface area contributed by atoms with Crippen LogP contribution in [0.15, 0.2) is 24.3 Å². The summed E-state index contributed by atoms with van der Waals surface area (Å²) in [6.45, 7) is 4.95. The van der Waals surface area contributed by atoms with Crippen LogP contribution in [0.25, 0.3) is 0 Å². The lowest BCUT2D eigenvalue weighted by atomic mass is 10.1. The van der Waals surface area contributed by atoms with Gasteiger partial charge in [-0.15, -0.1) is 0 Å². The van der Waals surface area contributed by atoms with Crippen LogP contribution in [0.4, 0.5) is 0 Å². The maximum Gasteiger partial charge on any atom is 0.195 e. The Morgan fingerprint density at radius 1 is 1.38 bits per heavy atom. The van der Waals surface area contributed by atoms with Crippen LogP contribution in [-0.2, 0) is 13.0 Å². The van der Waals surface area contributed by atoms with Gasteiger partial charge in [-0.2, -0.15) is 5.10 Å². The minimum absolute atomic E-state index is 0.699. The molecule has 0 aliphatic rings. The number of rotatable bonds is 3. The molecule has 2 rings (SSSR count). The molecule has 4 heteroatoms. The van der Waals surface area contributed by atoms with Crippen molar-refractivity contribution in [3.63, 3.8) is 0 Å². The number of H-pyrrole nitrogens is 1. The van der Waals surface area contributed by atoms with Crippen molar-refractivity contribution in [3.8, 4) is 0 Å². The molecule has 1 aromatic heterocycles. The quantitative estimate of drug-likeness (QED) is 0.827. The van der Waals surface area contributed by atoms with Gasteiger partial charge in [-0.1, -0.05) is 29.8 Å². The third-order valence-corrected chi connectivity index (χ3v) is 2.97. The Morgan fingerprint density at radius 2 is 2.19 bits per heavy atom. The number of aryl methyl sites for hydroxylation is 3. The SMILES string of the molecule is Cc1cccc(CCn2c(C)n[nH]c2=S)c1. The standard InChI is InChI=1S/C12H15N3S/c1-9-4-3-5-11(8-9)6-7-15-10(2)13-14-12(15)16/h3-5,8H,6-7H2,1-2H3,(H,14,16). The molecule has 3 nitrogen and oxygen atoms in total. The lowest BCUT2D eigenvalue weighted by molar-refractivity contribution is 0.664. The molecule has 0 bridgehead atoms. The largest absolute Gasteiger partial charge is 0.304 e. The van der Waals surface area contributed by atoms with Gasteiger partial charge in [0.1, 0.15) is 5.82 Å². The summed E-state index contributed by atoms with van der Waals surface area (Å²) in [4.78, 5) is 0. The van der Waals surface area contributed by atoms with E-state index in [0.717, 1.165) is 18.8 Å². The van der Waals surface area contributed by atoms with E-state index in [2.05, 4.69) is 41.4 Å². The summed E-state index contributed by atoms with van der Waals surface area (Å²) < 4.78 is 2.72. The topological polar surface area (TPSA) is 33.6 Å². The van der Waals surface area contributed by atoms with E-state index in [4.69, 9.17) is 12.2 Å². The summed E-state index contributed by atoms with van der Waals surface area (Å²) in [5.74, 6) is 0.942. The van der Waals surface area contributed by atoms with Gasteiger partial charge in [-0.25, -0.2) is 0 Å². The average Bonchev–Trinajstić information content (AvgIpc) is 2.56. The van der Waals surface area contributed by atoms with E-state index in [0.29, 0.717) is 4.77 Å². The van der Waals surface area contributed by atoms with E-state index in [-0.39, 0.29) is 0 Å². The predicted octanol–water partition coefficient (Wildman–Crippen LogP) is 2.80. The van der Waals surface area contributed by atoms with Crippen LogP contribution in [-0.4, -0.2) is 14.8 Å². The van der Waals surface area contributed by atoms with E-state index in [1.54, 1.807) is 0 Å². The van der Waals surface area contributed by atoms with Gasteiger partial charge >= 0.3 is 0 Å². The molecule has 1 heterocycles. The third kappa shape index (κ3) is 2.39. The molecule has 0 unspecified atom stereocenters. The van der Waals surface area contributed by atoms with Crippen molar-refractivity contribution in [2.75, 3.05) is 0 Å². The van der Waals surface area contributed by atoms with Crippen molar-refractivity contribution in [1.82, 2.24) is 14.8 Å². The molecule has 0 amide bonds. The van der Waals surface area contributed by atoms with E-state index in [1.807, 2.05) is 11.5 Å². The third-order valence-electron chi connectivity index (χ3n) is 2.66. The number of benzene rings is 1. The van der Waals surface area contributed by atoms with E-state index in [1.165, 1.54) is 11.1 Å². The average molecular weight is 233 g/mol. The smallest absolute Gasteiger partial charge is 0.195 e. The van der Waals surface area contributed by atoms with Crippen molar-refractivity contribution < 1.29 is 0 Å². The lowest BCUT2D eigenvalue weighted by Gasteiger charge is -2.05. The molecular weight excluding hydrogens is 218 g/mol. The lowest BCUT2D eigenvalue weighted by Crippen LogP contribution is -2.03. The summed E-state index contributed by atoms with van der Waals surface area (Å²) in [6, 6.07) is 8.55. The van der Waals surface area contributed by atoms with Crippen LogP contribution in [0.2, 0.25) is 0 Å². The molecular formula is C12H15N3S. The number of aromatic amines is 1. The Bertz CT molecular complexity index is 539. The summed E-state index contributed by atoms with van der Waals surface area (Å²) >= 11 is 5.16. The van der Waals surface area contributed by atoms with Gasteiger partial charge in [-0.3, -0.25) is 5.10 Å². The first-order valence-corrected chi connectivity index (χ1v) is 5.75. The highest BCUT2D eigenvalue weighted by atomic mass is 32.1. The van der Waals surface area contributed by atoms with Crippen LogP contribution in [0, 0.1) is 18.6 Å². The minimum atomic E-state index is 0.699. The van der Waals surface area contributed by atoms with Crippen molar-refractivity contribution >= 4 is 12.2 Å². The highest BCUT2D eigenvalue weighted by Gasteiger charge is 2.01. The fourth-order valence-corrected chi connectivity index (χ4v) is 2.04. The van der Waals surface area contributed by atoms with Gasteiger partial charge in [0.05, 0.1) is 0 Å². The normalized spacial score (nSPS) is 10.6. The molecule has 0 radical (unpaired) electrons. The van der Waals surface area contributed by atoms with Crippen LogP contribution in [0.3, 0.4) is 0 Å². The number of nitrogens with one attached hydrogen (secondary N) is 1. The van der Waals surface area contributed by atoms with Gasteiger partial charge < -0.3 is 4.57 Å². The van der Waals surface area contributed by atoms with Crippen molar-refractivity contribution in [1.29, 1.82) is 0 Å². The fraction of sp³-hybridized carbons (Fsp3) is 0.333. The Labute approximate surface area is 100 Å². The summed E-state index contributed by atoms with van der Waals surface area (Å²) in [7, 11) is 0. The number of aromatic nitrogens is 3. The Morgan fingerprint density at radius 3 is 2.81 bits per heavy atom. The monoisotopic (exact) mass is 233 g/mol. The van der Waals surface area contributed by atoms with Crippen molar-refractivity contribution in [3.05, 3.63) is 46.0 Å². The van der Waals surface area contributed by atoms with Gasteiger partial charge in [0.25, 0.3) is 0 Å². The molecule has 2 aromatic rings. The van der Waals surface area contributed by atoms with Gasteiger partial charge in [0.2, 0.25) is 0 Å². The maximum absolute atomic E-state index is 5.16. The van der Waals surface area contributed by atoms with Crippen molar-refractivity contribution in [2.24, 2.45) is 0 Å². The summed E-state index contributed by atoms with van der Waals surface area (Å²) in [5.41, 5.74) is 2.63. The first-order valence-electron chi connectivity index (χ1n) is 5.34. The molecule has 1 aromatic carbocycles. The molecule has 0 fully saturated rings. The Balaban J connectivity index is 2.11. The molecule has 1 N–H and O–H groups in total. The maximum atomic E-state index is 5.16. The second-order valence-electron chi connectivity index (χ2n) is 3.97. The Hall–Kier alpha value is -1.42. The molecule has 0 saturated carbocycles. The minimum Gasteiger partial charge on any atom is -0.304 e. The summed E-state index contributed by atoms with van der Waals surface area (Å²) in [6.07, 6.45) is 0.982. The first kappa shape index (κ1) is 11.1. The van der Waals surface area contributed by atoms with E-state index in [9.17, 15) is 0 Å². The van der Waals surface area contributed by atoms with Gasteiger partial charge in [0.15, 0.2) is 4.77 Å². The highest BCUT2D eigenvalue weighted by molar-refractivity contribution is 7.71. The van der Waals surface area contributed by atoms with Gasteiger partial charge in [-0.05, 0) is 38.0 Å². The van der Waals surface area contributed by atoms with E-state index >= 15 is 0 Å². The Kier molecular flexibility index (Phi) is 3.19. The second kappa shape index (κ2) is 4.61. The molecule has 0 spiro atoms. The summed E-state index contributed by atoms with van der Waals surface area (Å²) in [5, 5.41) is 6.89. The molecule has 16 heavy (non-hydrogen) atoms. The zero-order valence-electron chi connectivity index (χ0n) is 9.53. The van der Waals surface area contributed by atoms with Crippen LogP contribution < -0.4 is 0 Å². The highest BCUT2D eigenvalue weighted by Crippen LogP contribution is 2.07. The van der Waals surface area contributed by atoms with Crippen LogP contribution in [0.1, 0.15) is 17.0 Å². The molecule has 0 saturated heterocycles. The zero-order valence-corrected chi connectivity index (χ0v) is 10.3. The number of hydrogen-bond donors (Lipinski definition) is 1. The molecule has 84 valence electrons. The zero-order chi connectivity index (χ0) is 11.5. The molecule has 0 aliphatic carbocycles. The fourth-order valence-electron chi connectivity index (χ4n) is 1.77. The van der Waals surface area contributed by atoms with Crippen molar-refractivity contribution in [2.45, 2.75) is 26.8 Å². The molecule has 0 atom stereocenters. The second-order valence-corrected chi connectivity index (χ2v) is 4.35. The number of nitrogens with zero attached hydrogens (tertiary/aromatic N) is 2. The van der Waals surface area contributed by atoms with Crippen LogP contribution in [0.5, 0.6) is 0 Å². The predicted molar refractivity (Wildman–Crippen MR) is 67.0 cm³/mol. The van der Waals surface area contributed by atoms with E-state index < -0.39 is 0 Å². The first-order chi connectivity index (χ1) is 7.66. The molecule has 0 aliphatic heterocycles. The van der Waals surface area contributed by atoms with Crippen LogP contribution >= 0.6 is 12.2 Å². The van der Waals surface area contributed by atoms with Gasteiger partial charge in [0, 0.05) is 6.54 Å².